The van der Waals surface area contributed by atoms with Gasteiger partial charge in [-0.1, -0.05) is 26.7 Å². The number of hydrogen-bond donors (Lipinski definition) is 1. The van der Waals surface area contributed by atoms with E-state index in [0.29, 0.717) is 25.6 Å². The molecule has 0 aromatic rings. The van der Waals surface area contributed by atoms with Crippen LogP contribution in [-0.2, 0) is 0 Å². The molecule has 0 radical (unpaired) electrons. The van der Waals surface area contributed by atoms with Gasteiger partial charge in [-0.2, -0.15) is 13.2 Å². The van der Waals surface area contributed by atoms with Crippen LogP contribution in [0.15, 0.2) is 0 Å². The topological polar surface area (TPSA) is 29.3 Å². The zero-order valence-electron chi connectivity index (χ0n) is 11.6. The molecule has 2 N–H and O–H groups in total. The Morgan fingerprint density at radius 3 is 2.22 bits per heavy atom. The van der Waals surface area contributed by atoms with Gasteiger partial charge >= 0.3 is 6.18 Å². The smallest absolute Gasteiger partial charge is 0.330 e. The summed E-state index contributed by atoms with van der Waals surface area (Å²) in [4.78, 5) is 1.46. The summed E-state index contributed by atoms with van der Waals surface area (Å²) >= 11 is 0. The molecule has 0 saturated carbocycles. The molecule has 0 heterocycles. The van der Waals surface area contributed by atoms with Crippen molar-refractivity contribution in [2.45, 2.75) is 52.1 Å². The summed E-state index contributed by atoms with van der Waals surface area (Å²) in [5, 5.41) is 0. The summed E-state index contributed by atoms with van der Waals surface area (Å²) in [5.74, 6) is 0.574. The average Bonchev–Trinajstić information content (AvgIpc) is 2.26. The maximum absolute atomic E-state index is 12.3. The average molecular weight is 268 g/mol. The molecule has 0 aromatic carbocycles. The minimum Gasteiger partial charge on any atom is -0.330 e. The van der Waals surface area contributed by atoms with Crippen molar-refractivity contribution in [3.05, 3.63) is 0 Å². The van der Waals surface area contributed by atoms with Crippen molar-refractivity contribution >= 4 is 0 Å². The highest BCUT2D eigenvalue weighted by Crippen LogP contribution is 2.19. The van der Waals surface area contributed by atoms with Crippen LogP contribution in [0.1, 0.15) is 46.0 Å². The molecule has 0 aliphatic heterocycles. The van der Waals surface area contributed by atoms with Gasteiger partial charge in [-0.25, -0.2) is 0 Å². The third kappa shape index (κ3) is 9.71. The zero-order valence-corrected chi connectivity index (χ0v) is 11.6. The third-order valence-corrected chi connectivity index (χ3v) is 3.21. The SMILES string of the molecule is CCCC(CCN)CCCN(CC)CC(F)(F)F. The maximum Gasteiger partial charge on any atom is 0.401 e. The normalized spacial score (nSPS) is 14.2. The molecule has 110 valence electrons. The van der Waals surface area contributed by atoms with Gasteiger partial charge in [-0.3, -0.25) is 4.90 Å². The Morgan fingerprint density at radius 1 is 1.11 bits per heavy atom. The molecule has 0 aromatic heterocycles. The Kier molecular flexibility index (Phi) is 9.46. The maximum atomic E-state index is 12.3. The fraction of sp³-hybridized carbons (Fsp3) is 1.00. The van der Waals surface area contributed by atoms with Gasteiger partial charge in [0.05, 0.1) is 6.54 Å². The first kappa shape index (κ1) is 17.7. The van der Waals surface area contributed by atoms with Gasteiger partial charge in [-0.05, 0) is 44.8 Å². The lowest BCUT2D eigenvalue weighted by Crippen LogP contribution is -2.35. The van der Waals surface area contributed by atoms with Crippen molar-refractivity contribution in [2.24, 2.45) is 11.7 Å². The van der Waals surface area contributed by atoms with Crippen LogP contribution in [0.5, 0.6) is 0 Å². The molecule has 2 nitrogen and oxygen atoms in total. The van der Waals surface area contributed by atoms with Crippen molar-refractivity contribution in [3.63, 3.8) is 0 Å². The highest BCUT2D eigenvalue weighted by atomic mass is 19.4. The van der Waals surface area contributed by atoms with Crippen LogP contribution in [0.4, 0.5) is 13.2 Å². The second kappa shape index (κ2) is 9.62. The summed E-state index contributed by atoms with van der Waals surface area (Å²) in [7, 11) is 0. The Hall–Kier alpha value is -0.290. The minimum atomic E-state index is -4.09. The van der Waals surface area contributed by atoms with Gasteiger partial charge in [0.15, 0.2) is 0 Å². The second-order valence-corrected chi connectivity index (χ2v) is 4.86. The summed E-state index contributed by atoms with van der Waals surface area (Å²) in [6.07, 6.45) is 0.955. The van der Waals surface area contributed by atoms with E-state index in [1.165, 1.54) is 4.90 Å². The molecule has 0 amide bonds. The molecule has 0 saturated heterocycles. The van der Waals surface area contributed by atoms with Crippen LogP contribution in [-0.4, -0.2) is 37.3 Å². The molecule has 0 spiro atoms. The van der Waals surface area contributed by atoms with Crippen molar-refractivity contribution in [2.75, 3.05) is 26.2 Å². The number of nitrogens with two attached hydrogens (primary N) is 1. The third-order valence-electron chi connectivity index (χ3n) is 3.21. The Morgan fingerprint density at radius 2 is 1.78 bits per heavy atom. The standard InChI is InChI=1S/C13H27F3N2/c1-3-6-12(8-9-17)7-5-10-18(4-2)11-13(14,15)16/h12H,3-11,17H2,1-2H3. The predicted octanol–water partition coefficient (Wildman–Crippen LogP) is 3.42. The van der Waals surface area contributed by atoms with E-state index >= 15 is 0 Å². The largest absolute Gasteiger partial charge is 0.401 e. The minimum absolute atomic E-state index is 0.453. The van der Waals surface area contributed by atoms with Crippen molar-refractivity contribution in [1.82, 2.24) is 4.90 Å². The fourth-order valence-corrected chi connectivity index (χ4v) is 2.28. The van der Waals surface area contributed by atoms with Crippen molar-refractivity contribution < 1.29 is 13.2 Å². The summed E-state index contributed by atoms with van der Waals surface area (Å²) < 4.78 is 36.8. The molecule has 0 fully saturated rings. The van der Waals surface area contributed by atoms with Gasteiger partial charge < -0.3 is 5.73 Å². The van der Waals surface area contributed by atoms with Crippen LogP contribution in [0.3, 0.4) is 0 Å². The Bertz CT molecular complexity index is 189. The first-order valence-electron chi connectivity index (χ1n) is 6.92. The molecule has 0 rings (SSSR count). The van der Waals surface area contributed by atoms with E-state index < -0.39 is 12.7 Å². The first-order chi connectivity index (χ1) is 8.42. The van der Waals surface area contributed by atoms with Gasteiger partial charge in [0.25, 0.3) is 0 Å². The zero-order chi connectivity index (χ0) is 14.0. The van der Waals surface area contributed by atoms with Crippen LogP contribution in [0.2, 0.25) is 0 Å². The lowest BCUT2D eigenvalue weighted by atomic mass is 9.94. The number of nitrogens with zero attached hydrogens (tertiary/aromatic N) is 1. The molecule has 1 unspecified atom stereocenters. The summed E-state index contributed by atoms with van der Waals surface area (Å²) in [6.45, 7) is 4.76. The highest BCUT2D eigenvalue weighted by Gasteiger charge is 2.29. The van der Waals surface area contributed by atoms with E-state index in [9.17, 15) is 13.2 Å². The quantitative estimate of drug-likeness (QED) is 0.658. The predicted molar refractivity (Wildman–Crippen MR) is 69.5 cm³/mol. The van der Waals surface area contributed by atoms with Crippen LogP contribution < -0.4 is 5.73 Å². The van der Waals surface area contributed by atoms with Gasteiger partial charge in [-0.15, -0.1) is 0 Å². The molecule has 0 bridgehead atoms. The van der Waals surface area contributed by atoms with Crippen molar-refractivity contribution in [1.29, 1.82) is 0 Å². The second-order valence-electron chi connectivity index (χ2n) is 4.86. The molecule has 0 aliphatic carbocycles. The number of halogens is 3. The van der Waals surface area contributed by atoms with Crippen LogP contribution in [0, 0.1) is 5.92 Å². The van der Waals surface area contributed by atoms with Crippen LogP contribution in [0.25, 0.3) is 0 Å². The molecule has 1 atom stereocenters. The molecule has 0 aliphatic rings. The molecular weight excluding hydrogens is 241 g/mol. The van der Waals surface area contributed by atoms with Crippen LogP contribution >= 0.6 is 0 Å². The Labute approximate surface area is 109 Å². The lowest BCUT2D eigenvalue weighted by Gasteiger charge is -2.23. The van der Waals surface area contributed by atoms with Crippen molar-refractivity contribution in [3.8, 4) is 0 Å². The van der Waals surface area contributed by atoms with E-state index in [-0.39, 0.29) is 0 Å². The number of rotatable bonds is 10. The molecule has 5 heteroatoms. The van der Waals surface area contributed by atoms with Gasteiger partial charge in [0.2, 0.25) is 0 Å². The molecular formula is C13H27F3N2. The van der Waals surface area contributed by atoms with E-state index in [2.05, 4.69) is 6.92 Å². The van der Waals surface area contributed by atoms with E-state index in [0.717, 1.165) is 32.1 Å². The lowest BCUT2D eigenvalue weighted by molar-refractivity contribution is -0.145. The van der Waals surface area contributed by atoms with E-state index in [1.54, 1.807) is 6.92 Å². The van der Waals surface area contributed by atoms with Gasteiger partial charge in [0, 0.05) is 0 Å². The fourth-order valence-electron chi connectivity index (χ4n) is 2.28. The van der Waals surface area contributed by atoms with E-state index in [1.807, 2.05) is 0 Å². The summed E-state index contributed by atoms with van der Waals surface area (Å²) in [6, 6.07) is 0. The highest BCUT2D eigenvalue weighted by molar-refractivity contribution is 4.65. The van der Waals surface area contributed by atoms with E-state index in [4.69, 9.17) is 5.73 Å². The Balaban J connectivity index is 3.89. The summed E-state index contributed by atoms with van der Waals surface area (Å²) in [5.41, 5.74) is 5.54. The van der Waals surface area contributed by atoms with Gasteiger partial charge in [0.1, 0.15) is 0 Å². The number of hydrogen-bond acceptors (Lipinski definition) is 2. The molecule has 18 heavy (non-hydrogen) atoms. The monoisotopic (exact) mass is 268 g/mol. The number of alkyl halides is 3. The first-order valence-corrected chi connectivity index (χ1v) is 6.92.